The number of nitrogens with one attached hydrogen (secondary N) is 1. The molecule has 1 aliphatic rings. The molecular weight excluding hydrogens is 422 g/mol. The first-order valence-corrected chi connectivity index (χ1v) is 11.3. The highest BCUT2D eigenvalue weighted by atomic mass is 32.1. The normalized spacial score (nSPS) is 18.1. The summed E-state index contributed by atoms with van der Waals surface area (Å²) in [6.07, 6.45) is 1.83. The van der Waals surface area contributed by atoms with E-state index in [1.807, 2.05) is 66.9 Å². The summed E-state index contributed by atoms with van der Waals surface area (Å²) in [7, 11) is 0. The lowest BCUT2D eigenvalue weighted by Crippen LogP contribution is -2.28. The molecule has 1 aliphatic heterocycles. The zero-order valence-corrected chi connectivity index (χ0v) is 18.6. The number of ether oxygens (including phenoxy) is 1. The fourth-order valence-corrected chi connectivity index (χ4v) is 5.19. The van der Waals surface area contributed by atoms with Crippen LogP contribution >= 0.6 is 23.6 Å². The third-order valence-corrected chi connectivity index (χ3v) is 6.63. The highest BCUT2D eigenvalue weighted by Gasteiger charge is 2.41. The number of pyridine rings is 1. The van der Waals surface area contributed by atoms with Gasteiger partial charge in [-0.15, -0.1) is 11.3 Å². The Balaban J connectivity index is 1.48. The molecule has 0 unspecified atom stereocenters. The van der Waals surface area contributed by atoms with E-state index in [2.05, 4.69) is 46.4 Å². The van der Waals surface area contributed by atoms with Crippen molar-refractivity contribution in [1.82, 2.24) is 10.3 Å². The van der Waals surface area contributed by atoms with Gasteiger partial charge >= 0.3 is 0 Å². The number of aryl methyl sites for hydroxylation is 1. The smallest absolute Gasteiger partial charge is 0.174 e. The van der Waals surface area contributed by atoms with Crippen LogP contribution in [0.15, 0.2) is 91.1 Å². The van der Waals surface area contributed by atoms with Crippen LogP contribution in [0.4, 0.5) is 5.69 Å². The summed E-state index contributed by atoms with van der Waals surface area (Å²) in [6.45, 7) is 2.13. The Hall–Kier alpha value is -3.22. The first-order chi connectivity index (χ1) is 15.2. The zero-order valence-electron chi connectivity index (χ0n) is 16.9. The van der Waals surface area contributed by atoms with E-state index in [9.17, 15) is 0 Å². The molecular formula is C25H21N3OS2. The minimum atomic E-state index is -0.0213. The van der Waals surface area contributed by atoms with Crippen LogP contribution in [0.3, 0.4) is 0 Å². The number of thiophene rings is 1. The molecule has 6 heteroatoms. The van der Waals surface area contributed by atoms with Gasteiger partial charge in [-0.2, -0.15) is 0 Å². The monoisotopic (exact) mass is 443 g/mol. The van der Waals surface area contributed by atoms with Crippen molar-refractivity contribution in [3.8, 4) is 11.5 Å². The van der Waals surface area contributed by atoms with Gasteiger partial charge in [0.25, 0.3) is 0 Å². The van der Waals surface area contributed by atoms with Gasteiger partial charge in [0.2, 0.25) is 0 Å². The van der Waals surface area contributed by atoms with Crippen molar-refractivity contribution in [2.45, 2.75) is 19.0 Å². The van der Waals surface area contributed by atoms with Crippen LogP contribution in [0.1, 0.15) is 27.5 Å². The van der Waals surface area contributed by atoms with Gasteiger partial charge in [0.05, 0.1) is 17.8 Å². The maximum absolute atomic E-state index is 5.95. The van der Waals surface area contributed by atoms with Crippen molar-refractivity contribution in [2.75, 3.05) is 4.90 Å². The Labute approximate surface area is 191 Å². The van der Waals surface area contributed by atoms with E-state index in [0.29, 0.717) is 5.11 Å². The van der Waals surface area contributed by atoms with Crippen LogP contribution in [-0.2, 0) is 0 Å². The van der Waals surface area contributed by atoms with Crippen molar-refractivity contribution in [1.29, 1.82) is 0 Å². The van der Waals surface area contributed by atoms with Gasteiger partial charge in [-0.1, -0.05) is 24.3 Å². The molecule has 2 atom stereocenters. The quantitative estimate of drug-likeness (QED) is 0.360. The fourth-order valence-electron chi connectivity index (χ4n) is 3.83. The average molecular weight is 444 g/mol. The van der Waals surface area contributed by atoms with Crippen LogP contribution in [0.2, 0.25) is 0 Å². The number of aromatic nitrogens is 1. The Bertz CT molecular complexity index is 1180. The molecule has 1 fully saturated rings. The second kappa shape index (κ2) is 8.49. The first-order valence-electron chi connectivity index (χ1n) is 10.1. The summed E-state index contributed by atoms with van der Waals surface area (Å²) in [6, 6.07) is 28.2. The molecule has 5 rings (SSSR count). The number of benzene rings is 2. The second-order valence-electron chi connectivity index (χ2n) is 7.35. The van der Waals surface area contributed by atoms with Gasteiger partial charge in [-0.3, -0.25) is 4.98 Å². The van der Waals surface area contributed by atoms with E-state index < -0.39 is 0 Å². The predicted octanol–water partition coefficient (Wildman–Crippen LogP) is 6.42. The van der Waals surface area contributed by atoms with Gasteiger partial charge in [-0.25, -0.2) is 0 Å². The molecule has 3 heterocycles. The summed E-state index contributed by atoms with van der Waals surface area (Å²) in [4.78, 5) is 9.32. The molecule has 154 valence electrons. The van der Waals surface area contributed by atoms with Crippen molar-refractivity contribution < 1.29 is 4.74 Å². The topological polar surface area (TPSA) is 37.4 Å². The number of anilines is 1. The van der Waals surface area contributed by atoms with E-state index in [1.54, 1.807) is 11.3 Å². The third-order valence-electron chi connectivity index (χ3n) is 5.24. The Morgan fingerprint density at radius 1 is 0.903 bits per heavy atom. The van der Waals surface area contributed by atoms with Crippen molar-refractivity contribution in [3.05, 3.63) is 107 Å². The summed E-state index contributed by atoms with van der Waals surface area (Å²) in [5.74, 6) is 1.61. The standard InChI is InChI=1S/C25H21N3OS2/c1-17-10-15-22(31-17)24-23(21-9-5-6-16-26-21)27-25(30)28(24)18-11-13-20(14-12-18)29-19-7-3-2-4-8-19/h2-16,23-24H,1H3,(H,27,30)/t23-,24-/m0/s1. The van der Waals surface area contributed by atoms with E-state index >= 15 is 0 Å². The largest absolute Gasteiger partial charge is 0.457 e. The highest BCUT2D eigenvalue weighted by Crippen LogP contribution is 2.43. The lowest BCUT2D eigenvalue weighted by Gasteiger charge is -2.27. The molecule has 0 aliphatic carbocycles. The van der Waals surface area contributed by atoms with Crippen molar-refractivity contribution in [3.63, 3.8) is 0 Å². The van der Waals surface area contributed by atoms with Gasteiger partial charge in [0.15, 0.2) is 5.11 Å². The van der Waals surface area contributed by atoms with E-state index in [-0.39, 0.29) is 12.1 Å². The molecule has 2 aromatic carbocycles. The molecule has 4 nitrogen and oxygen atoms in total. The molecule has 1 N–H and O–H groups in total. The van der Waals surface area contributed by atoms with Crippen LogP contribution in [0, 0.1) is 6.92 Å². The van der Waals surface area contributed by atoms with Crippen LogP contribution in [0.5, 0.6) is 11.5 Å². The maximum atomic E-state index is 5.95. The zero-order chi connectivity index (χ0) is 21.2. The molecule has 4 aromatic rings. The van der Waals surface area contributed by atoms with E-state index in [1.165, 1.54) is 9.75 Å². The summed E-state index contributed by atoms with van der Waals surface area (Å²) in [5.41, 5.74) is 2.00. The molecule has 2 aromatic heterocycles. The van der Waals surface area contributed by atoms with Crippen LogP contribution in [-0.4, -0.2) is 10.1 Å². The second-order valence-corrected chi connectivity index (χ2v) is 9.06. The maximum Gasteiger partial charge on any atom is 0.174 e. The molecule has 31 heavy (non-hydrogen) atoms. The molecule has 0 saturated carbocycles. The predicted molar refractivity (Wildman–Crippen MR) is 130 cm³/mol. The minimum Gasteiger partial charge on any atom is -0.457 e. The van der Waals surface area contributed by atoms with Gasteiger partial charge in [0, 0.05) is 21.6 Å². The van der Waals surface area contributed by atoms with Crippen molar-refractivity contribution >= 4 is 34.4 Å². The molecule has 0 bridgehead atoms. The number of nitrogens with zero attached hydrogens (tertiary/aromatic N) is 2. The molecule has 1 saturated heterocycles. The van der Waals surface area contributed by atoms with E-state index in [0.717, 1.165) is 22.9 Å². The van der Waals surface area contributed by atoms with Gasteiger partial charge < -0.3 is 15.0 Å². The van der Waals surface area contributed by atoms with Crippen LogP contribution in [0.25, 0.3) is 0 Å². The lowest BCUT2D eigenvalue weighted by molar-refractivity contribution is 0.482. The third kappa shape index (κ3) is 4.04. The average Bonchev–Trinajstić information content (AvgIpc) is 3.38. The Kier molecular flexibility index (Phi) is 5.40. The number of para-hydroxylation sites is 1. The summed E-state index contributed by atoms with van der Waals surface area (Å²) >= 11 is 7.58. The molecule has 0 amide bonds. The fraction of sp³-hybridized carbons (Fsp3) is 0.120. The Morgan fingerprint density at radius 2 is 1.65 bits per heavy atom. The number of thiocarbonyl (C=S) groups is 1. The van der Waals surface area contributed by atoms with E-state index in [4.69, 9.17) is 17.0 Å². The lowest BCUT2D eigenvalue weighted by atomic mass is 10.0. The molecule has 0 spiro atoms. The molecule has 0 radical (unpaired) electrons. The van der Waals surface area contributed by atoms with Crippen LogP contribution < -0.4 is 15.0 Å². The summed E-state index contributed by atoms with van der Waals surface area (Å²) in [5, 5.41) is 4.20. The van der Waals surface area contributed by atoms with Crippen molar-refractivity contribution in [2.24, 2.45) is 0 Å². The first kappa shape index (κ1) is 19.7. The summed E-state index contributed by atoms with van der Waals surface area (Å²) < 4.78 is 5.95. The number of hydrogen-bond acceptors (Lipinski definition) is 4. The number of rotatable bonds is 5. The highest BCUT2D eigenvalue weighted by molar-refractivity contribution is 7.80. The van der Waals surface area contributed by atoms with Gasteiger partial charge in [0.1, 0.15) is 11.5 Å². The Morgan fingerprint density at radius 3 is 2.32 bits per heavy atom. The number of hydrogen-bond donors (Lipinski definition) is 1. The minimum absolute atomic E-state index is 0.0213. The van der Waals surface area contributed by atoms with Gasteiger partial charge in [-0.05, 0) is 79.8 Å². The SMILES string of the molecule is Cc1ccc([C@H]2[C@H](c3ccccn3)NC(=S)N2c2ccc(Oc3ccccc3)cc2)s1.